The summed E-state index contributed by atoms with van der Waals surface area (Å²) in [6, 6.07) is 5.46. The molecule has 0 bridgehead atoms. The van der Waals surface area contributed by atoms with Gasteiger partial charge < -0.3 is 14.0 Å². The van der Waals surface area contributed by atoms with Crippen LogP contribution in [-0.4, -0.2) is 34.2 Å². The zero-order chi connectivity index (χ0) is 15.7. The van der Waals surface area contributed by atoms with Crippen LogP contribution in [0, 0.1) is 0 Å². The number of hydrogen-bond acceptors (Lipinski definition) is 4. The summed E-state index contributed by atoms with van der Waals surface area (Å²) in [5, 5.41) is 0.648. The van der Waals surface area contributed by atoms with Gasteiger partial charge in [0, 0.05) is 23.2 Å². The lowest BCUT2D eigenvalue weighted by atomic mass is 10.2. The number of carbonyl (C=O) groups excluding carboxylic acids is 1. The van der Waals surface area contributed by atoms with E-state index in [0.29, 0.717) is 16.3 Å². The maximum Gasteiger partial charge on any atom is 0.355 e. The average Bonchev–Trinajstić information content (AvgIpc) is 2.77. The highest BCUT2D eigenvalue weighted by molar-refractivity contribution is 7.86. The van der Waals surface area contributed by atoms with E-state index in [9.17, 15) is 9.00 Å². The van der Waals surface area contributed by atoms with Crippen LogP contribution in [0.5, 0.6) is 5.75 Å². The first-order valence-electron chi connectivity index (χ1n) is 6.57. The van der Waals surface area contributed by atoms with Gasteiger partial charge in [0.05, 0.1) is 29.9 Å². The molecule has 0 saturated heterocycles. The Hall–Kier alpha value is -1.82. The number of aryl methyl sites for hydroxylation is 1. The number of ether oxygens (including phenoxy) is 2. The first kappa shape index (κ1) is 15.6. The molecular weight excluding hydrogens is 290 g/mol. The minimum atomic E-state index is -1.31. The van der Waals surface area contributed by atoms with Crippen molar-refractivity contribution < 1.29 is 18.5 Å². The summed E-state index contributed by atoms with van der Waals surface area (Å²) in [5.41, 5.74) is 1.15. The molecule has 0 aliphatic heterocycles. The maximum atomic E-state index is 12.7. The van der Waals surface area contributed by atoms with Crippen molar-refractivity contribution in [3.05, 3.63) is 23.9 Å². The quantitative estimate of drug-likeness (QED) is 0.814. The molecule has 1 aromatic carbocycles. The molecule has 0 aliphatic carbocycles. The standard InChI is InChI=1S/C15H19NO4S/c1-9(2)21(18)14-11-8-10(19-4)6-7-12(11)16(3)13(14)15(17)20-5/h6-9H,1-5H3. The number of methoxy groups -OCH3 is 2. The van der Waals surface area contributed by atoms with Gasteiger partial charge in [-0.1, -0.05) is 13.8 Å². The third-order valence-electron chi connectivity index (χ3n) is 3.37. The van der Waals surface area contributed by atoms with Crippen LogP contribution < -0.4 is 4.74 Å². The van der Waals surface area contributed by atoms with Crippen molar-refractivity contribution >= 4 is 27.7 Å². The molecule has 0 N–H and O–H groups in total. The van der Waals surface area contributed by atoms with E-state index in [4.69, 9.17) is 9.47 Å². The molecule has 0 spiro atoms. The molecule has 2 rings (SSSR count). The predicted molar refractivity (Wildman–Crippen MR) is 82.4 cm³/mol. The molecule has 1 heterocycles. The molecule has 0 aliphatic rings. The van der Waals surface area contributed by atoms with E-state index in [0.717, 1.165) is 10.9 Å². The van der Waals surface area contributed by atoms with E-state index in [1.54, 1.807) is 24.8 Å². The Morgan fingerprint density at radius 2 is 1.95 bits per heavy atom. The topological polar surface area (TPSA) is 57.5 Å². The Bertz CT molecular complexity index is 718. The molecular formula is C15H19NO4S. The normalized spacial score (nSPS) is 12.7. The number of hydrogen-bond donors (Lipinski definition) is 0. The smallest absolute Gasteiger partial charge is 0.355 e. The second kappa shape index (κ2) is 5.89. The van der Waals surface area contributed by atoms with Gasteiger partial charge in [-0.2, -0.15) is 0 Å². The highest BCUT2D eigenvalue weighted by atomic mass is 32.2. The first-order chi connectivity index (χ1) is 9.92. The molecule has 6 heteroatoms. The summed E-state index contributed by atoms with van der Waals surface area (Å²) < 4.78 is 24.5. The van der Waals surface area contributed by atoms with Crippen molar-refractivity contribution in [3.8, 4) is 5.75 Å². The SMILES string of the molecule is COC(=O)c1c(S(=O)C(C)C)c2cc(OC)ccc2n1C. The van der Waals surface area contributed by atoms with Crippen LogP contribution in [-0.2, 0) is 22.6 Å². The van der Waals surface area contributed by atoms with Crippen molar-refractivity contribution in [1.82, 2.24) is 4.57 Å². The molecule has 0 radical (unpaired) electrons. The molecule has 1 atom stereocenters. The lowest BCUT2D eigenvalue weighted by molar-refractivity contribution is 0.0586. The number of benzene rings is 1. The van der Waals surface area contributed by atoms with Crippen LogP contribution in [0.2, 0.25) is 0 Å². The molecule has 5 nitrogen and oxygen atoms in total. The molecule has 2 aromatic rings. The van der Waals surface area contributed by atoms with Crippen LogP contribution in [0.1, 0.15) is 24.3 Å². The van der Waals surface area contributed by atoms with Crippen LogP contribution in [0.3, 0.4) is 0 Å². The van der Waals surface area contributed by atoms with Gasteiger partial charge in [0.2, 0.25) is 0 Å². The van der Waals surface area contributed by atoms with E-state index in [2.05, 4.69) is 0 Å². The molecule has 0 amide bonds. The van der Waals surface area contributed by atoms with Gasteiger partial charge in [-0.3, -0.25) is 4.21 Å². The summed E-state index contributed by atoms with van der Waals surface area (Å²) in [7, 11) is 3.35. The average molecular weight is 309 g/mol. The van der Waals surface area contributed by atoms with Crippen LogP contribution in [0.4, 0.5) is 0 Å². The fourth-order valence-electron chi connectivity index (χ4n) is 2.28. The highest BCUT2D eigenvalue weighted by Gasteiger charge is 2.27. The van der Waals surface area contributed by atoms with Gasteiger partial charge in [-0.25, -0.2) is 4.79 Å². The van der Waals surface area contributed by atoms with E-state index in [-0.39, 0.29) is 5.25 Å². The second-order valence-electron chi connectivity index (χ2n) is 4.96. The summed E-state index contributed by atoms with van der Waals surface area (Å²) in [5.74, 6) is 0.170. The summed E-state index contributed by atoms with van der Waals surface area (Å²) in [4.78, 5) is 12.6. The van der Waals surface area contributed by atoms with E-state index in [1.165, 1.54) is 7.11 Å². The molecule has 1 aromatic heterocycles. The minimum absolute atomic E-state index is 0.106. The fourth-order valence-corrected chi connectivity index (χ4v) is 3.54. The third kappa shape index (κ3) is 2.55. The zero-order valence-electron chi connectivity index (χ0n) is 12.8. The number of rotatable bonds is 4. The van der Waals surface area contributed by atoms with Crippen molar-refractivity contribution in [2.45, 2.75) is 24.0 Å². The Labute approximate surface area is 126 Å². The highest BCUT2D eigenvalue weighted by Crippen LogP contribution is 2.32. The van der Waals surface area contributed by atoms with Gasteiger partial charge in [0.15, 0.2) is 0 Å². The Morgan fingerprint density at radius 3 is 2.48 bits per heavy atom. The zero-order valence-corrected chi connectivity index (χ0v) is 13.6. The summed E-state index contributed by atoms with van der Waals surface area (Å²) >= 11 is 0. The number of carbonyl (C=O) groups is 1. The Balaban J connectivity index is 2.87. The molecule has 1 unspecified atom stereocenters. The minimum Gasteiger partial charge on any atom is -0.497 e. The molecule has 0 saturated carbocycles. The largest absolute Gasteiger partial charge is 0.497 e. The number of fused-ring (bicyclic) bond motifs is 1. The Morgan fingerprint density at radius 1 is 1.29 bits per heavy atom. The number of esters is 1. The van der Waals surface area contributed by atoms with Crippen LogP contribution >= 0.6 is 0 Å². The van der Waals surface area contributed by atoms with E-state index in [1.807, 2.05) is 26.0 Å². The lowest BCUT2D eigenvalue weighted by Crippen LogP contribution is -2.14. The van der Waals surface area contributed by atoms with Crippen LogP contribution in [0.25, 0.3) is 10.9 Å². The van der Waals surface area contributed by atoms with Crippen molar-refractivity contribution in [2.75, 3.05) is 14.2 Å². The Kier molecular flexibility index (Phi) is 4.37. The fraction of sp³-hybridized carbons (Fsp3) is 0.400. The van der Waals surface area contributed by atoms with Gasteiger partial charge >= 0.3 is 5.97 Å². The van der Waals surface area contributed by atoms with E-state index >= 15 is 0 Å². The lowest BCUT2D eigenvalue weighted by Gasteiger charge is -2.08. The predicted octanol–water partition coefficient (Wildman–Crippen LogP) is 2.49. The first-order valence-corrected chi connectivity index (χ1v) is 7.79. The number of nitrogens with zero attached hydrogens (tertiary/aromatic N) is 1. The van der Waals surface area contributed by atoms with Gasteiger partial charge in [-0.15, -0.1) is 0 Å². The second-order valence-corrected chi connectivity index (χ2v) is 6.90. The van der Waals surface area contributed by atoms with Crippen LogP contribution in [0.15, 0.2) is 23.1 Å². The van der Waals surface area contributed by atoms with Crippen molar-refractivity contribution in [3.63, 3.8) is 0 Å². The molecule has 0 fully saturated rings. The van der Waals surface area contributed by atoms with E-state index < -0.39 is 16.8 Å². The molecule has 114 valence electrons. The maximum absolute atomic E-state index is 12.7. The van der Waals surface area contributed by atoms with Crippen molar-refractivity contribution in [1.29, 1.82) is 0 Å². The third-order valence-corrected chi connectivity index (χ3v) is 5.04. The number of aromatic nitrogens is 1. The summed E-state index contributed by atoms with van der Waals surface area (Å²) in [6.07, 6.45) is 0. The van der Waals surface area contributed by atoms with Gasteiger partial charge in [-0.05, 0) is 18.2 Å². The van der Waals surface area contributed by atoms with Gasteiger partial charge in [0.25, 0.3) is 0 Å². The summed E-state index contributed by atoms with van der Waals surface area (Å²) in [6.45, 7) is 3.71. The monoisotopic (exact) mass is 309 g/mol. The molecule has 21 heavy (non-hydrogen) atoms. The van der Waals surface area contributed by atoms with Crippen molar-refractivity contribution in [2.24, 2.45) is 7.05 Å². The van der Waals surface area contributed by atoms with Gasteiger partial charge in [0.1, 0.15) is 11.4 Å².